The Balaban J connectivity index is 2.81. The van der Waals surface area contributed by atoms with Gasteiger partial charge in [0.15, 0.2) is 0 Å². The number of nitrogens with zero attached hydrogens (tertiary/aromatic N) is 1. The van der Waals surface area contributed by atoms with Gasteiger partial charge in [0.1, 0.15) is 6.61 Å². The summed E-state index contributed by atoms with van der Waals surface area (Å²) < 4.78 is 4.42. The zero-order chi connectivity index (χ0) is 7.40. The minimum Gasteiger partial charge on any atom is -0.273 e. The van der Waals surface area contributed by atoms with Crippen LogP contribution in [0, 0.1) is 6.92 Å². The van der Waals surface area contributed by atoms with Crippen molar-refractivity contribution in [3.63, 3.8) is 0 Å². The molecule has 0 bridgehead atoms. The van der Waals surface area contributed by atoms with Crippen molar-refractivity contribution in [2.75, 3.05) is 0 Å². The van der Waals surface area contributed by atoms with Crippen molar-refractivity contribution in [2.45, 2.75) is 13.5 Å². The lowest BCUT2D eigenvalue weighted by atomic mass is 10.2. The molecule has 2 nitrogen and oxygen atoms in total. The largest absolute Gasteiger partial charge is 0.273 e. The van der Waals surface area contributed by atoms with Crippen LogP contribution in [0.4, 0.5) is 0 Å². The summed E-state index contributed by atoms with van der Waals surface area (Å²) in [6, 6.07) is 3.85. The van der Waals surface area contributed by atoms with Crippen LogP contribution in [0.2, 0.25) is 0 Å². The summed E-state index contributed by atoms with van der Waals surface area (Å²) in [5, 5.41) is 0. The Morgan fingerprint density at radius 2 is 2.50 bits per heavy atom. The minimum atomic E-state index is 0.369. The second kappa shape index (κ2) is 3.54. The van der Waals surface area contributed by atoms with Crippen LogP contribution in [0.5, 0.6) is 0 Å². The molecular weight excluding hydrogens is 150 g/mol. The number of hydrogen-bond acceptors (Lipinski definition) is 2. The van der Waals surface area contributed by atoms with Crippen LogP contribution in [0.1, 0.15) is 11.3 Å². The van der Waals surface area contributed by atoms with E-state index in [9.17, 15) is 0 Å². The minimum absolute atomic E-state index is 0.369. The lowest BCUT2D eigenvalue weighted by Gasteiger charge is -1.98. The molecule has 1 heterocycles. The number of aromatic nitrogens is 1. The predicted octanol–water partition coefficient (Wildman–Crippen LogP) is 2.06. The summed E-state index contributed by atoms with van der Waals surface area (Å²) >= 11 is 5.07. The number of halogens is 1. The van der Waals surface area contributed by atoms with Gasteiger partial charge < -0.3 is 0 Å². The molecule has 1 aromatic heterocycles. The van der Waals surface area contributed by atoms with Crippen molar-refractivity contribution in [3.05, 3.63) is 29.6 Å². The maximum atomic E-state index is 5.07. The fourth-order valence-electron chi connectivity index (χ4n) is 0.721. The number of hydrogen-bond donors (Lipinski definition) is 0. The molecule has 0 saturated carbocycles. The lowest BCUT2D eigenvalue weighted by molar-refractivity contribution is 0.334. The molecule has 0 saturated heterocycles. The topological polar surface area (TPSA) is 22.1 Å². The summed E-state index contributed by atoms with van der Waals surface area (Å²) in [4.78, 5) is 4.06. The van der Waals surface area contributed by atoms with Gasteiger partial charge in [0.2, 0.25) is 0 Å². The SMILES string of the molecule is Cc1cccnc1COCl. The summed E-state index contributed by atoms with van der Waals surface area (Å²) in [7, 11) is 0. The van der Waals surface area contributed by atoms with E-state index in [1.165, 1.54) is 0 Å². The van der Waals surface area contributed by atoms with Crippen LogP contribution in [0.3, 0.4) is 0 Å². The Labute approximate surface area is 65.0 Å². The van der Waals surface area contributed by atoms with Gasteiger partial charge in [0.25, 0.3) is 0 Å². The average molecular weight is 158 g/mol. The fourth-order valence-corrected chi connectivity index (χ4v) is 0.825. The van der Waals surface area contributed by atoms with Crippen molar-refractivity contribution in [3.8, 4) is 0 Å². The first-order valence-electron chi connectivity index (χ1n) is 2.98. The fraction of sp³-hybridized carbons (Fsp3) is 0.286. The van der Waals surface area contributed by atoms with E-state index in [-0.39, 0.29) is 0 Å². The molecule has 3 heteroatoms. The van der Waals surface area contributed by atoms with E-state index in [1.807, 2.05) is 19.1 Å². The highest BCUT2D eigenvalue weighted by Crippen LogP contribution is 2.04. The number of rotatable bonds is 2. The Kier molecular flexibility index (Phi) is 2.66. The van der Waals surface area contributed by atoms with Gasteiger partial charge in [-0.15, -0.1) is 0 Å². The van der Waals surface area contributed by atoms with Crippen molar-refractivity contribution < 1.29 is 4.29 Å². The molecular formula is C7H8ClNO. The van der Waals surface area contributed by atoms with Crippen molar-refractivity contribution >= 4 is 11.9 Å². The van der Waals surface area contributed by atoms with Crippen molar-refractivity contribution in [1.82, 2.24) is 4.98 Å². The molecule has 0 spiro atoms. The van der Waals surface area contributed by atoms with Crippen LogP contribution in [0.25, 0.3) is 0 Å². The van der Waals surface area contributed by atoms with E-state index in [4.69, 9.17) is 11.9 Å². The normalized spacial score (nSPS) is 9.80. The van der Waals surface area contributed by atoms with Gasteiger partial charge >= 0.3 is 0 Å². The van der Waals surface area contributed by atoms with Crippen LogP contribution in [-0.4, -0.2) is 4.98 Å². The molecule has 0 aromatic carbocycles. The first kappa shape index (κ1) is 7.51. The van der Waals surface area contributed by atoms with Gasteiger partial charge in [-0.25, -0.2) is 0 Å². The molecule has 54 valence electrons. The molecule has 1 aromatic rings. The Morgan fingerprint density at radius 3 is 3.10 bits per heavy atom. The first-order valence-corrected chi connectivity index (χ1v) is 3.29. The van der Waals surface area contributed by atoms with E-state index in [0.717, 1.165) is 11.3 Å². The van der Waals surface area contributed by atoms with Gasteiger partial charge in [-0.05, 0) is 18.6 Å². The van der Waals surface area contributed by atoms with Crippen LogP contribution in [-0.2, 0) is 10.9 Å². The molecule has 0 aliphatic rings. The van der Waals surface area contributed by atoms with Crippen LogP contribution < -0.4 is 0 Å². The second-order valence-corrected chi connectivity index (χ2v) is 2.24. The van der Waals surface area contributed by atoms with E-state index in [0.29, 0.717) is 6.61 Å². The third kappa shape index (κ3) is 1.69. The number of pyridine rings is 1. The Morgan fingerprint density at radius 1 is 1.70 bits per heavy atom. The highest BCUT2D eigenvalue weighted by Gasteiger charge is 1.95. The second-order valence-electron chi connectivity index (χ2n) is 2.02. The summed E-state index contributed by atoms with van der Waals surface area (Å²) in [6.07, 6.45) is 1.72. The molecule has 0 amide bonds. The average Bonchev–Trinajstić information content (AvgIpc) is 1.94. The van der Waals surface area contributed by atoms with Gasteiger partial charge in [0, 0.05) is 6.20 Å². The third-order valence-electron chi connectivity index (χ3n) is 1.31. The van der Waals surface area contributed by atoms with E-state index in [2.05, 4.69) is 9.27 Å². The maximum Gasteiger partial charge on any atom is 0.111 e. The van der Waals surface area contributed by atoms with Gasteiger partial charge in [0.05, 0.1) is 17.6 Å². The monoisotopic (exact) mass is 157 g/mol. The molecule has 0 aliphatic carbocycles. The first-order chi connectivity index (χ1) is 4.84. The predicted molar refractivity (Wildman–Crippen MR) is 39.6 cm³/mol. The Hall–Kier alpha value is -0.600. The highest BCUT2D eigenvalue weighted by molar-refractivity contribution is 6.07. The molecule has 0 fully saturated rings. The maximum absolute atomic E-state index is 5.07. The number of aryl methyl sites for hydroxylation is 1. The van der Waals surface area contributed by atoms with Gasteiger partial charge in [-0.1, -0.05) is 6.07 Å². The van der Waals surface area contributed by atoms with Crippen molar-refractivity contribution in [1.29, 1.82) is 0 Å². The van der Waals surface area contributed by atoms with Gasteiger partial charge in [-0.3, -0.25) is 9.27 Å². The van der Waals surface area contributed by atoms with E-state index in [1.54, 1.807) is 6.20 Å². The molecule has 0 unspecified atom stereocenters. The van der Waals surface area contributed by atoms with Gasteiger partial charge in [-0.2, -0.15) is 0 Å². The van der Waals surface area contributed by atoms with Crippen LogP contribution in [0.15, 0.2) is 18.3 Å². The quantitative estimate of drug-likeness (QED) is 0.656. The summed E-state index contributed by atoms with van der Waals surface area (Å²) in [6.45, 7) is 2.34. The molecule has 10 heavy (non-hydrogen) atoms. The molecule has 0 radical (unpaired) electrons. The summed E-state index contributed by atoms with van der Waals surface area (Å²) in [5.41, 5.74) is 1.99. The van der Waals surface area contributed by atoms with E-state index < -0.39 is 0 Å². The smallest absolute Gasteiger partial charge is 0.111 e. The highest BCUT2D eigenvalue weighted by atomic mass is 35.5. The summed E-state index contributed by atoms with van der Waals surface area (Å²) in [5.74, 6) is 0. The third-order valence-corrected chi connectivity index (χ3v) is 1.42. The standard InChI is InChI=1S/C7H8ClNO/c1-6-3-2-4-9-7(6)5-10-8/h2-4H,5H2,1H3. The zero-order valence-corrected chi connectivity index (χ0v) is 6.43. The molecule has 0 aliphatic heterocycles. The molecule has 0 N–H and O–H groups in total. The van der Waals surface area contributed by atoms with Crippen LogP contribution >= 0.6 is 11.9 Å². The van der Waals surface area contributed by atoms with E-state index >= 15 is 0 Å². The zero-order valence-electron chi connectivity index (χ0n) is 5.67. The Bertz CT molecular complexity index is 215. The molecule has 0 atom stereocenters. The molecule has 1 rings (SSSR count). The van der Waals surface area contributed by atoms with Crippen molar-refractivity contribution in [2.24, 2.45) is 0 Å². The lowest BCUT2D eigenvalue weighted by Crippen LogP contribution is -1.91.